The minimum Gasteiger partial charge on any atom is -0.462 e. The van der Waals surface area contributed by atoms with E-state index in [-0.39, 0.29) is 25.2 Å². The van der Waals surface area contributed by atoms with E-state index >= 15 is 0 Å². The molecule has 1 unspecified atom stereocenters. The maximum absolute atomic E-state index is 12.3. The van der Waals surface area contributed by atoms with Crippen LogP contribution in [-0.2, 0) is 19.1 Å². The molecule has 1 atom stereocenters. The Hall–Kier alpha value is -4.22. The fraction of sp³-hybridized carbons (Fsp3) is 0.600. The van der Waals surface area contributed by atoms with Crippen LogP contribution in [0.1, 0.15) is 232 Å². The second-order valence-electron chi connectivity index (χ2n) is 18.3. The van der Waals surface area contributed by atoms with Crippen LogP contribution in [0.2, 0.25) is 0 Å². The fourth-order valence-electron chi connectivity index (χ4n) is 7.38. The van der Waals surface area contributed by atoms with Crippen LogP contribution < -0.4 is 0 Å². The summed E-state index contributed by atoms with van der Waals surface area (Å²) in [5.74, 6) is -0.633. The van der Waals surface area contributed by atoms with Crippen LogP contribution in [0.5, 0.6) is 0 Å². The number of carbonyl (C=O) groups is 2. The summed E-state index contributed by atoms with van der Waals surface area (Å²) in [4.78, 5) is 24.5. The van der Waals surface area contributed by atoms with Gasteiger partial charge in [0, 0.05) is 12.8 Å². The van der Waals surface area contributed by atoms with E-state index in [2.05, 4.69) is 160 Å². The van der Waals surface area contributed by atoms with Crippen LogP contribution in [0.15, 0.2) is 146 Å². The lowest BCUT2D eigenvalue weighted by molar-refractivity contribution is -0.161. The SMILES string of the molecule is CC/C=C\C/C=C\C/C=C\C/C=C\C/C=C\C/C=C\C/C=C\C/C=C\C/C=C\C/C=C\CCCCCCC(=O)OC(CO)COC(=O)CCCCCCCCCCC/C=C\C/C=C\CCCCCCC. The first-order chi connectivity index (χ1) is 34.6. The van der Waals surface area contributed by atoms with Crippen molar-refractivity contribution in [2.24, 2.45) is 0 Å². The van der Waals surface area contributed by atoms with E-state index in [9.17, 15) is 14.7 Å². The Kier molecular flexibility index (Phi) is 55.5. The quantitative estimate of drug-likeness (QED) is 0.0374. The van der Waals surface area contributed by atoms with Gasteiger partial charge in [-0.25, -0.2) is 0 Å². The number of allylic oxidation sites excluding steroid dienone is 24. The summed E-state index contributed by atoms with van der Waals surface area (Å²) in [6, 6.07) is 0. The van der Waals surface area contributed by atoms with Crippen molar-refractivity contribution in [3.63, 3.8) is 0 Å². The first kappa shape index (κ1) is 65.8. The van der Waals surface area contributed by atoms with Gasteiger partial charge in [0.25, 0.3) is 0 Å². The topological polar surface area (TPSA) is 72.8 Å². The molecule has 0 radical (unpaired) electrons. The molecule has 1 N–H and O–H groups in total. The molecule has 0 aliphatic rings. The maximum Gasteiger partial charge on any atom is 0.306 e. The molecular formula is C65H104O5. The van der Waals surface area contributed by atoms with Gasteiger partial charge in [-0.05, 0) is 122 Å². The third-order valence-electron chi connectivity index (χ3n) is 11.6. The van der Waals surface area contributed by atoms with Gasteiger partial charge in [0.15, 0.2) is 6.10 Å². The first-order valence-corrected chi connectivity index (χ1v) is 28.4. The number of hydrogen-bond acceptors (Lipinski definition) is 5. The van der Waals surface area contributed by atoms with Gasteiger partial charge in [0.1, 0.15) is 6.61 Å². The summed E-state index contributed by atoms with van der Waals surface area (Å²) < 4.78 is 10.7. The Morgan fingerprint density at radius 2 is 0.614 bits per heavy atom. The highest BCUT2D eigenvalue weighted by Gasteiger charge is 2.16. The third kappa shape index (κ3) is 56.4. The molecule has 0 rings (SSSR count). The van der Waals surface area contributed by atoms with Gasteiger partial charge in [-0.1, -0.05) is 243 Å². The molecule has 0 aromatic heterocycles. The van der Waals surface area contributed by atoms with E-state index < -0.39 is 6.10 Å². The number of hydrogen-bond donors (Lipinski definition) is 1. The van der Waals surface area contributed by atoms with Crippen molar-refractivity contribution in [1.82, 2.24) is 0 Å². The average Bonchev–Trinajstić information content (AvgIpc) is 3.36. The molecule has 0 fully saturated rings. The number of carbonyl (C=O) groups excluding carboxylic acids is 2. The average molecular weight is 966 g/mol. The van der Waals surface area contributed by atoms with Crippen LogP contribution in [0.25, 0.3) is 0 Å². The molecule has 394 valence electrons. The second-order valence-corrected chi connectivity index (χ2v) is 18.3. The zero-order chi connectivity index (χ0) is 50.6. The lowest BCUT2D eigenvalue weighted by Gasteiger charge is -2.15. The number of rotatable bonds is 50. The van der Waals surface area contributed by atoms with Crippen molar-refractivity contribution in [2.45, 2.75) is 238 Å². The van der Waals surface area contributed by atoms with Crippen molar-refractivity contribution in [3.8, 4) is 0 Å². The van der Waals surface area contributed by atoms with Gasteiger partial charge < -0.3 is 14.6 Å². The molecule has 0 aliphatic carbocycles. The number of esters is 2. The van der Waals surface area contributed by atoms with E-state index in [0.717, 1.165) is 122 Å². The lowest BCUT2D eigenvalue weighted by atomic mass is 10.1. The molecule has 5 heteroatoms. The predicted octanol–water partition coefficient (Wildman–Crippen LogP) is 19.4. The highest BCUT2D eigenvalue weighted by molar-refractivity contribution is 5.70. The summed E-state index contributed by atoms with van der Waals surface area (Å²) in [5, 5.41) is 9.65. The van der Waals surface area contributed by atoms with Crippen LogP contribution in [-0.4, -0.2) is 36.4 Å². The smallest absolute Gasteiger partial charge is 0.306 e. The number of aliphatic hydroxyl groups is 1. The monoisotopic (exact) mass is 965 g/mol. The summed E-state index contributed by atoms with van der Waals surface area (Å²) in [6.07, 6.45) is 89.5. The van der Waals surface area contributed by atoms with Gasteiger partial charge in [0.05, 0.1) is 6.61 Å². The molecule has 0 saturated heterocycles. The van der Waals surface area contributed by atoms with E-state index in [1.54, 1.807) is 0 Å². The second kappa shape index (κ2) is 59.1. The molecule has 5 nitrogen and oxygen atoms in total. The molecule has 70 heavy (non-hydrogen) atoms. The molecule has 0 bridgehead atoms. The Morgan fingerprint density at radius 1 is 0.343 bits per heavy atom. The molecule has 0 aromatic carbocycles. The molecule has 0 heterocycles. The highest BCUT2D eigenvalue weighted by atomic mass is 16.6. The summed E-state index contributed by atoms with van der Waals surface area (Å²) in [7, 11) is 0. The van der Waals surface area contributed by atoms with E-state index in [1.807, 2.05) is 0 Å². The van der Waals surface area contributed by atoms with Crippen molar-refractivity contribution in [3.05, 3.63) is 146 Å². The Balaban J connectivity index is 3.66. The highest BCUT2D eigenvalue weighted by Crippen LogP contribution is 2.13. The molecule has 0 aliphatic heterocycles. The summed E-state index contributed by atoms with van der Waals surface area (Å²) in [5.41, 5.74) is 0. The fourth-order valence-corrected chi connectivity index (χ4v) is 7.38. The van der Waals surface area contributed by atoms with E-state index in [4.69, 9.17) is 9.47 Å². The minimum atomic E-state index is -0.799. The lowest BCUT2D eigenvalue weighted by Crippen LogP contribution is -2.28. The van der Waals surface area contributed by atoms with E-state index in [0.29, 0.717) is 12.8 Å². The predicted molar refractivity (Wildman–Crippen MR) is 306 cm³/mol. The van der Waals surface area contributed by atoms with E-state index in [1.165, 1.54) is 83.5 Å². The van der Waals surface area contributed by atoms with Gasteiger partial charge in [-0.15, -0.1) is 0 Å². The van der Waals surface area contributed by atoms with Crippen molar-refractivity contribution >= 4 is 11.9 Å². The third-order valence-corrected chi connectivity index (χ3v) is 11.6. The van der Waals surface area contributed by atoms with Gasteiger partial charge in [0.2, 0.25) is 0 Å². The number of aliphatic hydroxyl groups excluding tert-OH is 1. The van der Waals surface area contributed by atoms with Crippen molar-refractivity contribution < 1.29 is 24.2 Å². The Bertz CT molecular complexity index is 1510. The number of ether oxygens (including phenoxy) is 2. The minimum absolute atomic E-state index is 0.0875. The molecule has 0 spiro atoms. The molecular weight excluding hydrogens is 861 g/mol. The molecule has 0 amide bonds. The standard InChI is InChI=1S/C65H104O5/c1-3-5-7-9-11-13-15-17-19-21-23-25-26-27-28-29-30-31-32-33-34-35-36-37-38-40-42-44-46-48-50-52-54-56-58-60-65(68)70-63(61-66)62-69-64(67)59-57-55-53-51-49-47-45-43-41-39-24-22-20-18-16-14-12-10-8-6-4-2/h5,7,11,13,16-19,22-25,27-28,30-31,33-34,36-37,40,42,46,48,63,66H,3-4,6,8-10,12,14-15,20-21,26,29,32,35,38-39,41,43-45,47,49-62H2,1-2H3/b7-5-,13-11-,18-16-,19-17-,24-22-,25-23-,28-27-,31-30-,34-33-,37-36-,42-40-,48-46-. The Morgan fingerprint density at radius 3 is 0.929 bits per heavy atom. The van der Waals surface area contributed by atoms with Crippen LogP contribution in [0, 0.1) is 0 Å². The van der Waals surface area contributed by atoms with Gasteiger partial charge in [-0.3, -0.25) is 9.59 Å². The first-order valence-electron chi connectivity index (χ1n) is 28.4. The zero-order valence-electron chi connectivity index (χ0n) is 45.0. The Labute approximate surface area is 431 Å². The zero-order valence-corrected chi connectivity index (χ0v) is 45.0. The van der Waals surface area contributed by atoms with Crippen molar-refractivity contribution in [2.75, 3.05) is 13.2 Å². The normalized spacial score (nSPS) is 13.4. The molecule has 0 aromatic rings. The number of unbranched alkanes of at least 4 members (excludes halogenated alkanes) is 18. The van der Waals surface area contributed by atoms with Crippen LogP contribution in [0.3, 0.4) is 0 Å². The maximum atomic E-state index is 12.3. The largest absolute Gasteiger partial charge is 0.462 e. The van der Waals surface area contributed by atoms with Gasteiger partial charge >= 0.3 is 11.9 Å². The van der Waals surface area contributed by atoms with Crippen LogP contribution >= 0.6 is 0 Å². The summed E-state index contributed by atoms with van der Waals surface area (Å²) in [6.45, 7) is 3.99. The molecule has 0 saturated carbocycles. The van der Waals surface area contributed by atoms with Crippen LogP contribution in [0.4, 0.5) is 0 Å². The summed E-state index contributed by atoms with van der Waals surface area (Å²) >= 11 is 0. The van der Waals surface area contributed by atoms with Crippen molar-refractivity contribution in [1.29, 1.82) is 0 Å². The van der Waals surface area contributed by atoms with Gasteiger partial charge in [-0.2, -0.15) is 0 Å².